The van der Waals surface area contributed by atoms with Crippen molar-refractivity contribution in [2.24, 2.45) is 0 Å². The zero-order valence-electron chi connectivity index (χ0n) is 26.6. The molecule has 0 unspecified atom stereocenters. The standard InChI is InChI=1S/C34H52O2SSi2/c1-21(2)38(22(3)4,23(5)6)35-27(13)29-15-17-33-31(19-29)32-20-30(16-18-34(32)37-33)28(14)36-39(24(7)8,25(9)10)26(11)12/h15-26H,13-14H2,1-12H3. The van der Waals surface area contributed by atoms with Crippen LogP contribution in [0.5, 0.6) is 0 Å². The van der Waals surface area contributed by atoms with E-state index in [0.717, 1.165) is 22.6 Å². The summed E-state index contributed by atoms with van der Waals surface area (Å²) in [4.78, 5) is 0. The molecule has 0 amide bonds. The summed E-state index contributed by atoms with van der Waals surface area (Å²) in [5.74, 6) is 1.62. The topological polar surface area (TPSA) is 18.5 Å². The molecule has 0 radical (unpaired) electrons. The maximum absolute atomic E-state index is 6.95. The SMILES string of the molecule is C=C(O[Si](C(C)C)(C(C)C)C(C)C)c1ccc2sc3ccc(C(=C)O[Si](C(C)C)(C(C)C)C(C)C)cc3c2c1. The molecule has 0 atom stereocenters. The van der Waals surface area contributed by atoms with Crippen molar-refractivity contribution in [2.75, 3.05) is 0 Å². The molecule has 1 heterocycles. The highest BCUT2D eigenvalue weighted by atomic mass is 32.1. The van der Waals surface area contributed by atoms with Gasteiger partial charge >= 0.3 is 0 Å². The van der Waals surface area contributed by atoms with E-state index in [9.17, 15) is 0 Å². The van der Waals surface area contributed by atoms with Crippen molar-refractivity contribution in [3.8, 4) is 0 Å². The Hall–Kier alpha value is -1.83. The van der Waals surface area contributed by atoms with Gasteiger partial charge in [0.05, 0.1) is 0 Å². The average molecular weight is 581 g/mol. The van der Waals surface area contributed by atoms with Gasteiger partial charge in [-0.2, -0.15) is 0 Å². The van der Waals surface area contributed by atoms with E-state index in [-0.39, 0.29) is 0 Å². The van der Waals surface area contributed by atoms with Crippen LogP contribution < -0.4 is 0 Å². The third-order valence-electron chi connectivity index (χ3n) is 9.13. The number of benzene rings is 2. The molecule has 3 aromatic rings. The quantitative estimate of drug-likeness (QED) is 0.157. The van der Waals surface area contributed by atoms with Crippen LogP contribution in [0.3, 0.4) is 0 Å². The molecule has 5 heteroatoms. The van der Waals surface area contributed by atoms with Crippen molar-refractivity contribution in [3.05, 3.63) is 60.7 Å². The second-order valence-corrected chi connectivity index (χ2v) is 25.0. The summed E-state index contributed by atoms with van der Waals surface area (Å²) in [6, 6.07) is 13.4. The van der Waals surface area contributed by atoms with Gasteiger partial charge in [-0.1, -0.05) is 96.2 Å². The van der Waals surface area contributed by atoms with Gasteiger partial charge in [0.2, 0.25) is 0 Å². The second-order valence-electron chi connectivity index (χ2n) is 13.2. The molecule has 214 valence electrons. The van der Waals surface area contributed by atoms with E-state index in [0.29, 0.717) is 33.2 Å². The van der Waals surface area contributed by atoms with E-state index in [4.69, 9.17) is 8.85 Å². The summed E-state index contributed by atoms with van der Waals surface area (Å²) in [6.45, 7) is 36.7. The minimum absolute atomic E-state index is 0.506. The highest BCUT2D eigenvalue weighted by Crippen LogP contribution is 2.47. The molecular weight excluding hydrogens is 529 g/mol. The molecule has 0 aliphatic heterocycles. The molecule has 0 saturated carbocycles. The van der Waals surface area contributed by atoms with Crippen molar-refractivity contribution >= 4 is 59.7 Å². The Labute approximate surface area is 244 Å². The Morgan fingerprint density at radius 2 is 0.821 bits per heavy atom. The smallest absolute Gasteiger partial charge is 0.258 e. The Morgan fingerprint density at radius 3 is 1.08 bits per heavy atom. The Balaban J connectivity index is 2.04. The molecule has 0 saturated heterocycles. The van der Waals surface area contributed by atoms with Crippen LogP contribution in [0.4, 0.5) is 0 Å². The number of rotatable bonds is 12. The molecule has 0 aliphatic rings. The minimum Gasteiger partial charge on any atom is -0.543 e. The van der Waals surface area contributed by atoms with Gasteiger partial charge in [-0.15, -0.1) is 11.3 Å². The molecule has 0 aliphatic carbocycles. The molecule has 0 N–H and O–H groups in total. The fourth-order valence-corrected chi connectivity index (χ4v) is 18.9. The van der Waals surface area contributed by atoms with Crippen LogP contribution in [-0.4, -0.2) is 16.6 Å². The molecule has 0 spiro atoms. The van der Waals surface area contributed by atoms with Crippen LogP contribution in [-0.2, 0) is 8.85 Å². The Bertz CT molecular complexity index is 1190. The fraction of sp³-hybridized carbons (Fsp3) is 0.529. The first-order valence-corrected chi connectivity index (χ1v) is 19.9. The summed E-state index contributed by atoms with van der Waals surface area (Å²) in [5.41, 5.74) is 5.19. The zero-order valence-corrected chi connectivity index (χ0v) is 29.4. The van der Waals surface area contributed by atoms with Crippen molar-refractivity contribution in [1.29, 1.82) is 0 Å². The molecule has 2 nitrogen and oxygen atoms in total. The van der Waals surface area contributed by atoms with Gasteiger partial charge in [-0.25, -0.2) is 0 Å². The monoisotopic (exact) mass is 580 g/mol. The molecule has 2 aromatic carbocycles. The average Bonchev–Trinajstić information content (AvgIpc) is 3.21. The first-order chi connectivity index (χ1) is 18.1. The maximum Gasteiger partial charge on any atom is 0.258 e. The zero-order chi connectivity index (χ0) is 29.4. The third-order valence-corrected chi connectivity index (χ3v) is 22.3. The summed E-state index contributed by atoms with van der Waals surface area (Å²) < 4.78 is 16.5. The van der Waals surface area contributed by atoms with Gasteiger partial charge in [0.15, 0.2) is 0 Å². The lowest BCUT2D eigenvalue weighted by Gasteiger charge is -2.42. The lowest BCUT2D eigenvalue weighted by atomic mass is 10.1. The van der Waals surface area contributed by atoms with Crippen LogP contribution in [0.1, 0.15) is 94.2 Å². The van der Waals surface area contributed by atoms with E-state index in [2.05, 4.69) is 133 Å². The number of fused-ring (bicyclic) bond motifs is 3. The van der Waals surface area contributed by atoms with Crippen molar-refractivity contribution in [1.82, 2.24) is 0 Å². The maximum atomic E-state index is 6.95. The summed E-state index contributed by atoms with van der Waals surface area (Å²) in [6.07, 6.45) is 0. The molecule has 1 aromatic heterocycles. The van der Waals surface area contributed by atoms with E-state index >= 15 is 0 Å². The van der Waals surface area contributed by atoms with Gasteiger partial charge in [-0.3, -0.25) is 0 Å². The number of hydrogen-bond acceptors (Lipinski definition) is 3. The van der Waals surface area contributed by atoms with E-state index in [1.54, 1.807) is 0 Å². The van der Waals surface area contributed by atoms with E-state index in [1.165, 1.54) is 20.2 Å². The Kier molecular flexibility index (Phi) is 9.72. The molecule has 0 fully saturated rings. The highest BCUT2D eigenvalue weighted by Gasteiger charge is 2.48. The first kappa shape index (κ1) is 31.7. The lowest BCUT2D eigenvalue weighted by molar-refractivity contribution is 0.445. The molecule has 39 heavy (non-hydrogen) atoms. The van der Waals surface area contributed by atoms with E-state index < -0.39 is 16.6 Å². The van der Waals surface area contributed by atoms with Crippen molar-refractivity contribution in [2.45, 2.75) is 116 Å². The predicted octanol–water partition coefficient (Wildman–Crippen LogP) is 12.4. The number of hydrogen-bond donors (Lipinski definition) is 0. The van der Waals surface area contributed by atoms with Crippen LogP contribution in [0.15, 0.2) is 49.6 Å². The summed E-state index contributed by atoms with van der Waals surface area (Å²) in [7, 11) is -4.15. The Morgan fingerprint density at radius 1 is 0.538 bits per heavy atom. The molecule has 3 rings (SSSR count). The van der Waals surface area contributed by atoms with E-state index in [1.807, 2.05) is 11.3 Å². The van der Waals surface area contributed by atoms with Crippen LogP contribution >= 0.6 is 11.3 Å². The molecule has 0 bridgehead atoms. The van der Waals surface area contributed by atoms with Gasteiger partial charge in [0, 0.05) is 31.3 Å². The summed E-state index contributed by atoms with van der Waals surface area (Å²) in [5, 5.41) is 2.50. The second kappa shape index (κ2) is 12.0. The lowest BCUT2D eigenvalue weighted by Crippen LogP contribution is -2.47. The largest absolute Gasteiger partial charge is 0.543 e. The fourth-order valence-electron chi connectivity index (χ4n) is 7.38. The van der Waals surface area contributed by atoms with Crippen molar-refractivity contribution < 1.29 is 8.85 Å². The highest BCUT2D eigenvalue weighted by molar-refractivity contribution is 7.25. The predicted molar refractivity (Wildman–Crippen MR) is 182 cm³/mol. The van der Waals surface area contributed by atoms with Gasteiger partial charge in [0.1, 0.15) is 11.5 Å². The van der Waals surface area contributed by atoms with Crippen molar-refractivity contribution in [3.63, 3.8) is 0 Å². The summed E-state index contributed by atoms with van der Waals surface area (Å²) >= 11 is 1.83. The number of thiophene rings is 1. The molecular formula is C34H52O2SSi2. The third kappa shape index (κ3) is 5.69. The van der Waals surface area contributed by atoms with Gasteiger partial charge in [0.25, 0.3) is 16.6 Å². The van der Waals surface area contributed by atoms with Crippen LogP contribution in [0, 0.1) is 0 Å². The minimum atomic E-state index is -2.07. The van der Waals surface area contributed by atoms with Gasteiger partial charge < -0.3 is 8.85 Å². The van der Waals surface area contributed by atoms with Crippen LogP contribution in [0.2, 0.25) is 33.2 Å². The van der Waals surface area contributed by atoms with Crippen LogP contribution in [0.25, 0.3) is 31.7 Å². The normalized spacial score (nSPS) is 13.2. The van der Waals surface area contributed by atoms with Gasteiger partial charge in [-0.05, 0) is 69.6 Å². The first-order valence-electron chi connectivity index (χ1n) is 14.8.